The third kappa shape index (κ3) is 2.10. The minimum Gasteiger partial charge on any atom is -0.391 e. The fraction of sp³-hybridized carbons (Fsp3) is 0.727. The number of hydrogen-bond acceptors (Lipinski definition) is 5. The first-order chi connectivity index (χ1) is 8.69. The number of halogens is 1. The van der Waals surface area contributed by atoms with E-state index in [1.54, 1.807) is 0 Å². The molecule has 1 aromatic heterocycles. The molecule has 0 unspecified atom stereocenters. The number of hydrogen-bond donors (Lipinski definition) is 1. The van der Waals surface area contributed by atoms with Gasteiger partial charge in [0.1, 0.15) is 11.9 Å². The van der Waals surface area contributed by atoms with Crippen molar-refractivity contribution in [2.24, 2.45) is 0 Å². The van der Waals surface area contributed by atoms with E-state index in [0.29, 0.717) is 24.1 Å². The van der Waals surface area contributed by atoms with E-state index in [1.807, 2.05) is 0 Å². The number of carbonyl (C=O) groups is 1. The first-order valence-corrected chi connectivity index (χ1v) is 6.59. The molecule has 0 spiro atoms. The predicted molar refractivity (Wildman–Crippen MR) is 62.1 cm³/mol. The lowest BCUT2D eigenvalue weighted by Crippen LogP contribution is -2.32. The largest absolute Gasteiger partial charge is 0.391 e. The molecular formula is C11H14ClN3O3. The van der Waals surface area contributed by atoms with Crippen LogP contribution >= 0.6 is 11.6 Å². The molecule has 2 atom stereocenters. The quantitative estimate of drug-likeness (QED) is 0.824. The minimum atomic E-state index is -0.557. The SMILES string of the molecule is O=C(CCl)N1C[C@H](O)C[C@H]1c1nc(C2CC2)no1. The van der Waals surface area contributed by atoms with Crippen molar-refractivity contribution in [3.63, 3.8) is 0 Å². The van der Waals surface area contributed by atoms with Crippen molar-refractivity contribution in [1.82, 2.24) is 15.0 Å². The van der Waals surface area contributed by atoms with Crippen LogP contribution in [0.25, 0.3) is 0 Å². The Morgan fingerprint density at radius 2 is 2.33 bits per heavy atom. The number of amides is 1. The molecule has 1 aliphatic carbocycles. The van der Waals surface area contributed by atoms with Gasteiger partial charge in [0, 0.05) is 18.9 Å². The zero-order chi connectivity index (χ0) is 12.7. The van der Waals surface area contributed by atoms with Crippen LogP contribution in [0.4, 0.5) is 0 Å². The molecule has 1 saturated heterocycles. The van der Waals surface area contributed by atoms with Crippen LogP contribution in [-0.2, 0) is 4.79 Å². The molecule has 7 heteroatoms. The van der Waals surface area contributed by atoms with E-state index in [2.05, 4.69) is 10.1 Å². The molecule has 0 bridgehead atoms. The van der Waals surface area contributed by atoms with Gasteiger partial charge in [-0.05, 0) is 12.8 Å². The Hall–Kier alpha value is -1.14. The third-order valence-electron chi connectivity index (χ3n) is 3.40. The van der Waals surface area contributed by atoms with Crippen LogP contribution < -0.4 is 0 Å². The van der Waals surface area contributed by atoms with Crippen LogP contribution in [0.1, 0.15) is 42.9 Å². The Morgan fingerprint density at radius 1 is 1.56 bits per heavy atom. The summed E-state index contributed by atoms with van der Waals surface area (Å²) in [6, 6.07) is -0.341. The van der Waals surface area contributed by atoms with Crippen molar-refractivity contribution in [3.05, 3.63) is 11.7 Å². The van der Waals surface area contributed by atoms with Gasteiger partial charge in [0.2, 0.25) is 11.8 Å². The number of likely N-dealkylation sites (tertiary alicyclic amines) is 1. The van der Waals surface area contributed by atoms with E-state index in [1.165, 1.54) is 4.90 Å². The molecule has 98 valence electrons. The highest BCUT2D eigenvalue weighted by Crippen LogP contribution is 2.39. The number of alkyl halides is 1. The van der Waals surface area contributed by atoms with E-state index in [-0.39, 0.29) is 24.4 Å². The number of carbonyl (C=O) groups excluding carboxylic acids is 1. The van der Waals surface area contributed by atoms with Gasteiger partial charge in [0.25, 0.3) is 0 Å². The Kier molecular flexibility index (Phi) is 2.99. The normalized spacial score (nSPS) is 27.8. The van der Waals surface area contributed by atoms with Gasteiger partial charge in [-0.1, -0.05) is 5.16 Å². The minimum absolute atomic E-state index is 0.104. The number of nitrogens with zero attached hydrogens (tertiary/aromatic N) is 3. The molecule has 18 heavy (non-hydrogen) atoms. The maximum atomic E-state index is 11.7. The molecule has 2 heterocycles. The molecule has 0 radical (unpaired) electrons. The smallest absolute Gasteiger partial charge is 0.249 e. The van der Waals surface area contributed by atoms with Crippen molar-refractivity contribution in [3.8, 4) is 0 Å². The lowest BCUT2D eigenvalue weighted by molar-refractivity contribution is -0.130. The lowest BCUT2D eigenvalue weighted by Gasteiger charge is -2.20. The van der Waals surface area contributed by atoms with E-state index in [0.717, 1.165) is 12.8 Å². The van der Waals surface area contributed by atoms with E-state index >= 15 is 0 Å². The average Bonchev–Trinajstić information content (AvgIpc) is 2.97. The molecule has 1 aromatic rings. The Bertz CT molecular complexity index is 460. The second-order valence-electron chi connectivity index (χ2n) is 4.85. The van der Waals surface area contributed by atoms with Gasteiger partial charge >= 0.3 is 0 Å². The Balaban J connectivity index is 1.81. The topological polar surface area (TPSA) is 79.5 Å². The van der Waals surface area contributed by atoms with Crippen LogP contribution in [0.2, 0.25) is 0 Å². The summed E-state index contributed by atoms with van der Waals surface area (Å²) < 4.78 is 5.21. The molecule has 1 N–H and O–H groups in total. The van der Waals surface area contributed by atoms with Gasteiger partial charge < -0.3 is 14.5 Å². The molecule has 2 aliphatic rings. The highest BCUT2D eigenvalue weighted by molar-refractivity contribution is 6.27. The zero-order valence-corrected chi connectivity index (χ0v) is 10.5. The average molecular weight is 272 g/mol. The molecule has 1 amide bonds. The number of aromatic nitrogens is 2. The van der Waals surface area contributed by atoms with Crippen molar-refractivity contribution in [2.75, 3.05) is 12.4 Å². The standard InChI is InChI=1S/C11H14ClN3O3/c12-4-9(17)15-5-7(16)3-8(15)11-13-10(14-18-11)6-1-2-6/h6-8,16H,1-5H2/t7-,8+/m1/s1. The summed E-state index contributed by atoms with van der Waals surface area (Å²) in [4.78, 5) is 17.5. The highest BCUT2D eigenvalue weighted by atomic mass is 35.5. The fourth-order valence-corrected chi connectivity index (χ4v) is 2.44. The maximum absolute atomic E-state index is 11.7. The Morgan fingerprint density at radius 3 is 3.00 bits per heavy atom. The second-order valence-corrected chi connectivity index (χ2v) is 5.12. The van der Waals surface area contributed by atoms with Crippen LogP contribution in [0.15, 0.2) is 4.52 Å². The second kappa shape index (κ2) is 4.51. The molecule has 6 nitrogen and oxygen atoms in total. The molecule has 1 saturated carbocycles. The van der Waals surface area contributed by atoms with Gasteiger partial charge in [0.05, 0.1) is 6.10 Å². The van der Waals surface area contributed by atoms with E-state index < -0.39 is 6.10 Å². The van der Waals surface area contributed by atoms with Crippen LogP contribution in [0.3, 0.4) is 0 Å². The number of β-amino-alcohol motifs (C(OH)–C–C–N with tert-alkyl or cyclic N) is 1. The first-order valence-electron chi connectivity index (χ1n) is 6.06. The summed E-state index contributed by atoms with van der Waals surface area (Å²) in [5.41, 5.74) is 0. The molecule has 0 aromatic carbocycles. The summed E-state index contributed by atoms with van der Waals surface area (Å²) in [5.74, 6) is 1.21. The van der Waals surface area contributed by atoms with Gasteiger partial charge in [-0.2, -0.15) is 4.98 Å². The number of aliphatic hydroxyl groups is 1. The predicted octanol–water partition coefficient (Wildman–Crippen LogP) is 0.820. The molecule has 3 rings (SSSR count). The van der Waals surface area contributed by atoms with Crippen molar-refractivity contribution in [2.45, 2.75) is 37.3 Å². The molecule has 2 fully saturated rings. The van der Waals surface area contributed by atoms with Crippen molar-refractivity contribution in [1.29, 1.82) is 0 Å². The summed E-state index contributed by atoms with van der Waals surface area (Å²) in [6.45, 7) is 0.275. The first kappa shape index (κ1) is 11.9. The molecular weight excluding hydrogens is 258 g/mol. The highest BCUT2D eigenvalue weighted by Gasteiger charge is 2.39. The van der Waals surface area contributed by atoms with E-state index in [4.69, 9.17) is 16.1 Å². The van der Waals surface area contributed by atoms with E-state index in [9.17, 15) is 9.90 Å². The maximum Gasteiger partial charge on any atom is 0.249 e. The lowest BCUT2D eigenvalue weighted by atomic mass is 10.2. The summed E-state index contributed by atoms with van der Waals surface area (Å²) >= 11 is 5.56. The third-order valence-corrected chi connectivity index (χ3v) is 3.63. The van der Waals surface area contributed by atoms with Gasteiger partial charge in [-0.25, -0.2) is 0 Å². The van der Waals surface area contributed by atoms with Gasteiger partial charge in [-0.15, -0.1) is 11.6 Å². The summed E-state index contributed by atoms with van der Waals surface area (Å²) in [7, 11) is 0. The van der Waals surface area contributed by atoms with Crippen LogP contribution in [0.5, 0.6) is 0 Å². The summed E-state index contributed by atoms with van der Waals surface area (Å²) in [5, 5.41) is 13.6. The molecule has 1 aliphatic heterocycles. The Labute approximate surface area is 109 Å². The van der Waals surface area contributed by atoms with Crippen LogP contribution in [-0.4, -0.2) is 44.6 Å². The van der Waals surface area contributed by atoms with Crippen LogP contribution in [0, 0.1) is 0 Å². The van der Waals surface area contributed by atoms with Gasteiger partial charge in [0.15, 0.2) is 5.82 Å². The van der Waals surface area contributed by atoms with Crippen molar-refractivity contribution >= 4 is 17.5 Å². The number of aliphatic hydroxyl groups excluding tert-OH is 1. The fourth-order valence-electron chi connectivity index (χ4n) is 2.29. The zero-order valence-electron chi connectivity index (χ0n) is 9.75. The monoisotopic (exact) mass is 271 g/mol. The van der Waals surface area contributed by atoms with Crippen molar-refractivity contribution < 1.29 is 14.4 Å². The van der Waals surface area contributed by atoms with Gasteiger partial charge in [-0.3, -0.25) is 4.79 Å². The number of rotatable bonds is 3. The summed E-state index contributed by atoms with van der Waals surface area (Å²) in [6.07, 6.45) is 2.06.